The molecule has 0 saturated carbocycles. The average molecular weight is 501 g/mol. The Hall–Kier alpha value is -4.15. The SMILES string of the molecule is CC(NC(=O)OC[C@@H]1C=C[C@H](NC2(c3ccccc3)c3ccccc3-c3ccccc32)C1)c1ccccc1. The van der Waals surface area contributed by atoms with Gasteiger partial charge in [-0.1, -0.05) is 121 Å². The zero-order valence-corrected chi connectivity index (χ0v) is 21.5. The largest absolute Gasteiger partial charge is 0.449 e. The minimum absolute atomic E-state index is 0.106. The standard InChI is InChI=1S/C34H32N2O2/c1-24(26-12-4-2-5-13-26)35-33(37)38-23-25-20-21-28(22-25)36-34(27-14-6-3-7-15-27)31-18-10-8-16-29(31)30-17-9-11-19-32(30)34/h2-21,24-25,28,36H,22-23H2,1H3,(H,35,37)/t24?,25-,28+/m1/s1. The van der Waals surface area contributed by atoms with Gasteiger partial charge in [0.05, 0.1) is 18.2 Å². The fourth-order valence-electron chi connectivity index (χ4n) is 5.98. The molecule has 0 aromatic heterocycles. The van der Waals surface area contributed by atoms with E-state index >= 15 is 0 Å². The molecule has 0 spiro atoms. The Labute approximate surface area is 224 Å². The van der Waals surface area contributed by atoms with Crippen molar-refractivity contribution in [2.75, 3.05) is 6.61 Å². The molecule has 1 unspecified atom stereocenters. The van der Waals surface area contributed by atoms with E-state index in [9.17, 15) is 4.79 Å². The van der Waals surface area contributed by atoms with Gasteiger partial charge in [-0.05, 0) is 46.7 Å². The highest BCUT2D eigenvalue weighted by Gasteiger charge is 2.45. The van der Waals surface area contributed by atoms with Gasteiger partial charge in [0.2, 0.25) is 0 Å². The van der Waals surface area contributed by atoms with Crippen LogP contribution in [0.4, 0.5) is 4.79 Å². The Morgan fingerprint density at radius 2 is 1.39 bits per heavy atom. The number of benzene rings is 4. The smallest absolute Gasteiger partial charge is 0.407 e. The highest BCUT2D eigenvalue weighted by atomic mass is 16.5. The van der Waals surface area contributed by atoms with Crippen molar-refractivity contribution in [1.82, 2.24) is 10.6 Å². The monoisotopic (exact) mass is 500 g/mol. The molecule has 6 rings (SSSR count). The highest BCUT2D eigenvalue weighted by Crippen LogP contribution is 2.51. The van der Waals surface area contributed by atoms with E-state index in [1.165, 1.54) is 27.8 Å². The Kier molecular flexibility index (Phi) is 6.57. The predicted molar refractivity (Wildman–Crippen MR) is 152 cm³/mol. The van der Waals surface area contributed by atoms with E-state index in [1.807, 2.05) is 37.3 Å². The first-order chi connectivity index (χ1) is 18.6. The fraction of sp³-hybridized carbons (Fsp3) is 0.206. The summed E-state index contributed by atoms with van der Waals surface area (Å²) in [6, 6.07) is 38.1. The first-order valence-electron chi connectivity index (χ1n) is 13.3. The topological polar surface area (TPSA) is 50.4 Å². The molecule has 38 heavy (non-hydrogen) atoms. The first-order valence-corrected chi connectivity index (χ1v) is 13.3. The minimum atomic E-state index is -0.457. The van der Waals surface area contributed by atoms with Crippen LogP contribution in [0, 0.1) is 5.92 Å². The number of rotatable bonds is 7. The maximum atomic E-state index is 12.5. The Morgan fingerprint density at radius 1 is 0.816 bits per heavy atom. The van der Waals surface area contributed by atoms with Gasteiger partial charge in [0.1, 0.15) is 0 Å². The average Bonchev–Trinajstić information content (AvgIpc) is 3.54. The molecule has 3 atom stereocenters. The van der Waals surface area contributed by atoms with Crippen LogP contribution in [0.3, 0.4) is 0 Å². The summed E-state index contributed by atoms with van der Waals surface area (Å²) >= 11 is 0. The van der Waals surface area contributed by atoms with Crippen LogP contribution in [-0.2, 0) is 10.3 Å². The number of amides is 1. The molecule has 2 aliphatic carbocycles. The van der Waals surface area contributed by atoms with Gasteiger partial charge in [-0.15, -0.1) is 0 Å². The zero-order chi connectivity index (χ0) is 26.0. The molecule has 0 heterocycles. The summed E-state index contributed by atoms with van der Waals surface area (Å²) in [5, 5.41) is 6.99. The lowest BCUT2D eigenvalue weighted by atomic mass is 9.80. The number of alkyl carbamates (subject to hydrolysis) is 1. The van der Waals surface area contributed by atoms with Crippen molar-refractivity contribution in [2.45, 2.75) is 31.0 Å². The molecule has 190 valence electrons. The van der Waals surface area contributed by atoms with Gasteiger partial charge in [-0.3, -0.25) is 5.32 Å². The van der Waals surface area contributed by atoms with E-state index in [2.05, 4.69) is 102 Å². The fourth-order valence-corrected chi connectivity index (χ4v) is 5.98. The first kappa shape index (κ1) is 24.2. The van der Waals surface area contributed by atoms with Gasteiger partial charge in [0.25, 0.3) is 0 Å². The number of ether oxygens (including phenoxy) is 1. The minimum Gasteiger partial charge on any atom is -0.449 e. The number of carbonyl (C=O) groups is 1. The van der Waals surface area contributed by atoms with Gasteiger partial charge in [-0.25, -0.2) is 4.79 Å². The van der Waals surface area contributed by atoms with Crippen molar-refractivity contribution >= 4 is 6.09 Å². The Balaban J connectivity index is 1.19. The van der Waals surface area contributed by atoms with Crippen LogP contribution in [0.15, 0.2) is 121 Å². The second-order valence-corrected chi connectivity index (χ2v) is 10.2. The molecule has 0 fully saturated rings. The van der Waals surface area contributed by atoms with Gasteiger partial charge in [0.15, 0.2) is 0 Å². The van der Waals surface area contributed by atoms with Crippen LogP contribution < -0.4 is 10.6 Å². The van der Waals surface area contributed by atoms with E-state index < -0.39 is 5.54 Å². The second-order valence-electron chi connectivity index (χ2n) is 10.2. The summed E-state index contributed by atoms with van der Waals surface area (Å²) in [4.78, 5) is 12.5. The Morgan fingerprint density at radius 3 is 2.05 bits per heavy atom. The van der Waals surface area contributed by atoms with Crippen LogP contribution in [0.1, 0.15) is 41.6 Å². The van der Waals surface area contributed by atoms with Gasteiger partial charge in [0, 0.05) is 12.0 Å². The molecule has 1 amide bonds. The van der Waals surface area contributed by atoms with Crippen molar-refractivity contribution in [3.63, 3.8) is 0 Å². The lowest BCUT2D eigenvalue weighted by molar-refractivity contribution is 0.130. The molecule has 2 N–H and O–H groups in total. The van der Waals surface area contributed by atoms with Crippen molar-refractivity contribution < 1.29 is 9.53 Å². The molecule has 4 aromatic rings. The van der Waals surface area contributed by atoms with E-state index in [0.29, 0.717) is 6.61 Å². The molecule has 0 bridgehead atoms. The zero-order valence-electron chi connectivity index (χ0n) is 21.5. The Bertz CT molecular complexity index is 1400. The molecule has 0 aliphatic heterocycles. The maximum absolute atomic E-state index is 12.5. The molecule has 2 aliphatic rings. The van der Waals surface area contributed by atoms with Crippen molar-refractivity contribution in [3.8, 4) is 11.1 Å². The van der Waals surface area contributed by atoms with E-state index in [4.69, 9.17) is 4.74 Å². The lowest BCUT2D eigenvalue weighted by Crippen LogP contribution is -2.47. The number of fused-ring (bicyclic) bond motifs is 3. The molecule has 4 heteroatoms. The third-order valence-electron chi connectivity index (χ3n) is 7.80. The second kappa shape index (κ2) is 10.3. The maximum Gasteiger partial charge on any atom is 0.407 e. The molecule has 4 nitrogen and oxygen atoms in total. The summed E-state index contributed by atoms with van der Waals surface area (Å²) < 4.78 is 5.63. The lowest BCUT2D eigenvalue weighted by Gasteiger charge is -2.36. The van der Waals surface area contributed by atoms with E-state index in [0.717, 1.165) is 12.0 Å². The summed E-state index contributed by atoms with van der Waals surface area (Å²) in [6.07, 6.45) is 4.88. The van der Waals surface area contributed by atoms with Crippen molar-refractivity contribution in [2.24, 2.45) is 5.92 Å². The van der Waals surface area contributed by atoms with Crippen LogP contribution in [0.25, 0.3) is 11.1 Å². The van der Waals surface area contributed by atoms with Crippen LogP contribution in [0.2, 0.25) is 0 Å². The summed E-state index contributed by atoms with van der Waals surface area (Å²) in [7, 11) is 0. The molecule has 0 radical (unpaired) electrons. The van der Waals surface area contributed by atoms with Crippen LogP contribution in [-0.4, -0.2) is 18.7 Å². The van der Waals surface area contributed by atoms with Crippen molar-refractivity contribution in [3.05, 3.63) is 144 Å². The van der Waals surface area contributed by atoms with Gasteiger partial charge in [-0.2, -0.15) is 0 Å². The molecule has 4 aromatic carbocycles. The normalized spacial score (nSPS) is 19.4. The number of nitrogens with one attached hydrogen (secondary N) is 2. The van der Waals surface area contributed by atoms with Gasteiger partial charge < -0.3 is 10.1 Å². The number of hydrogen-bond acceptors (Lipinski definition) is 3. The van der Waals surface area contributed by atoms with Crippen LogP contribution >= 0.6 is 0 Å². The number of carbonyl (C=O) groups excluding carboxylic acids is 1. The highest BCUT2D eigenvalue weighted by molar-refractivity contribution is 5.83. The third kappa shape index (κ3) is 4.42. The molecular formula is C34H32N2O2. The number of hydrogen-bond donors (Lipinski definition) is 2. The summed E-state index contributed by atoms with van der Waals surface area (Å²) in [5.74, 6) is 0.157. The van der Waals surface area contributed by atoms with E-state index in [1.54, 1.807) is 0 Å². The quantitative estimate of drug-likeness (QED) is 0.269. The van der Waals surface area contributed by atoms with Crippen molar-refractivity contribution in [1.29, 1.82) is 0 Å². The van der Waals surface area contributed by atoms with Crippen LogP contribution in [0.5, 0.6) is 0 Å². The summed E-state index contributed by atoms with van der Waals surface area (Å²) in [5.41, 5.74) is 6.90. The third-order valence-corrected chi connectivity index (χ3v) is 7.80. The summed E-state index contributed by atoms with van der Waals surface area (Å²) in [6.45, 7) is 2.32. The molecule has 0 saturated heterocycles. The predicted octanol–water partition coefficient (Wildman–Crippen LogP) is 6.98. The molecular weight excluding hydrogens is 468 g/mol. The van der Waals surface area contributed by atoms with E-state index in [-0.39, 0.29) is 24.1 Å². The van der Waals surface area contributed by atoms with Gasteiger partial charge >= 0.3 is 6.09 Å².